The highest BCUT2D eigenvalue weighted by Gasteiger charge is 2.28. The van der Waals surface area contributed by atoms with Crippen LogP contribution in [0.25, 0.3) is 0 Å². The zero-order chi connectivity index (χ0) is 12.5. The van der Waals surface area contributed by atoms with Crippen LogP contribution < -0.4 is 10.0 Å². The van der Waals surface area contributed by atoms with Gasteiger partial charge in [-0.2, -0.15) is 5.10 Å². The van der Waals surface area contributed by atoms with Gasteiger partial charge in [-0.25, -0.2) is 13.1 Å². The highest BCUT2D eigenvalue weighted by atomic mass is 32.2. The van der Waals surface area contributed by atoms with Crippen molar-refractivity contribution in [3.05, 3.63) is 11.3 Å². The highest BCUT2D eigenvalue weighted by Crippen LogP contribution is 2.22. The van der Waals surface area contributed by atoms with Crippen LogP contribution in [0.15, 0.2) is 5.03 Å². The summed E-state index contributed by atoms with van der Waals surface area (Å²) in [6, 6.07) is 0.0828. The molecule has 96 valence electrons. The molecule has 1 aromatic heterocycles. The van der Waals surface area contributed by atoms with E-state index in [4.69, 9.17) is 0 Å². The molecule has 17 heavy (non-hydrogen) atoms. The molecule has 6 nitrogen and oxygen atoms in total. The maximum atomic E-state index is 12.1. The summed E-state index contributed by atoms with van der Waals surface area (Å²) in [7, 11) is -1.70. The third kappa shape index (κ3) is 2.51. The number of nitrogens with zero attached hydrogens (tertiary/aromatic N) is 1. The minimum absolute atomic E-state index is 0.0828. The molecule has 1 aliphatic carbocycles. The van der Waals surface area contributed by atoms with Gasteiger partial charge in [0.2, 0.25) is 0 Å². The van der Waals surface area contributed by atoms with Gasteiger partial charge in [0.25, 0.3) is 10.0 Å². The van der Waals surface area contributed by atoms with Crippen molar-refractivity contribution in [1.82, 2.24) is 20.2 Å². The maximum Gasteiger partial charge on any atom is 0.260 e. The van der Waals surface area contributed by atoms with E-state index >= 15 is 0 Å². The molecule has 0 radical (unpaired) electrons. The van der Waals surface area contributed by atoms with E-state index in [-0.39, 0.29) is 11.1 Å². The second-order valence-corrected chi connectivity index (χ2v) is 6.04. The molecule has 1 saturated carbocycles. The fourth-order valence-electron chi connectivity index (χ4n) is 1.84. The summed E-state index contributed by atoms with van der Waals surface area (Å²) >= 11 is 0. The standard InChI is InChI=1S/C10H18N4O2S/c1-7-9(6-11-2)10(13-12-7)17(15,16)14-8-4-3-5-8/h8,11,14H,3-6H2,1-2H3,(H,12,13). The van der Waals surface area contributed by atoms with Crippen molar-refractivity contribution in [2.45, 2.75) is 43.8 Å². The predicted molar refractivity (Wildman–Crippen MR) is 64.0 cm³/mol. The van der Waals surface area contributed by atoms with Crippen LogP contribution in [0.1, 0.15) is 30.5 Å². The normalized spacial score (nSPS) is 17.1. The fraction of sp³-hybridized carbons (Fsp3) is 0.700. The Hall–Kier alpha value is -0.920. The van der Waals surface area contributed by atoms with Crippen LogP contribution in [0.3, 0.4) is 0 Å². The van der Waals surface area contributed by atoms with Crippen LogP contribution in [0.5, 0.6) is 0 Å². The van der Waals surface area contributed by atoms with Crippen LogP contribution >= 0.6 is 0 Å². The largest absolute Gasteiger partial charge is 0.316 e. The van der Waals surface area contributed by atoms with Crippen LogP contribution in [-0.2, 0) is 16.6 Å². The lowest BCUT2D eigenvalue weighted by molar-refractivity contribution is 0.383. The van der Waals surface area contributed by atoms with E-state index < -0.39 is 10.0 Å². The first-order valence-electron chi connectivity index (χ1n) is 5.75. The summed E-state index contributed by atoms with van der Waals surface area (Å²) in [5.74, 6) is 0. The molecule has 1 aliphatic rings. The lowest BCUT2D eigenvalue weighted by atomic mass is 9.94. The fourth-order valence-corrected chi connectivity index (χ4v) is 3.34. The number of aryl methyl sites for hydroxylation is 1. The lowest BCUT2D eigenvalue weighted by Gasteiger charge is -2.25. The van der Waals surface area contributed by atoms with Crippen LogP contribution in [0.4, 0.5) is 0 Å². The van der Waals surface area contributed by atoms with Gasteiger partial charge >= 0.3 is 0 Å². The molecule has 0 unspecified atom stereocenters. The predicted octanol–water partition coefficient (Wildman–Crippen LogP) is 0.268. The van der Waals surface area contributed by atoms with Crippen LogP contribution in [0.2, 0.25) is 0 Å². The summed E-state index contributed by atoms with van der Waals surface area (Å²) < 4.78 is 26.9. The Balaban J connectivity index is 2.25. The summed E-state index contributed by atoms with van der Waals surface area (Å²) in [5, 5.41) is 9.70. The number of nitrogens with one attached hydrogen (secondary N) is 3. The van der Waals surface area contributed by atoms with E-state index in [0.29, 0.717) is 12.1 Å². The van der Waals surface area contributed by atoms with E-state index in [1.54, 1.807) is 7.05 Å². The third-order valence-electron chi connectivity index (χ3n) is 3.07. The minimum atomic E-state index is -3.48. The Morgan fingerprint density at radius 1 is 1.47 bits per heavy atom. The van der Waals surface area contributed by atoms with E-state index in [2.05, 4.69) is 20.2 Å². The van der Waals surface area contributed by atoms with Crippen molar-refractivity contribution in [1.29, 1.82) is 0 Å². The molecule has 0 aromatic carbocycles. The molecule has 2 rings (SSSR count). The summed E-state index contributed by atoms with van der Waals surface area (Å²) in [5.41, 5.74) is 1.49. The van der Waals surface area contributed by atoms with Crippen molar-refractivity contribution in [3.63, 3.8) is 0 Å². The zero-order valence-electron chi connectivity index (χ0n) is 10.1. The summed E-state index contributed by atoms with van der Waals surface area (Å²) in [6.07, 6.45) is 2.93. The smallest absolute Gasteiger partial charge is 0.260 e. The Morgan fingerprint density at radius 2 is 2.18 bits per heavy atom. The highest BCUT2D eigenvalue weighted by molar-refractivity contribution is 7.89. The third-order valence-corrected chi connectivity index (χ3v) is 4.56. The van der Waals surface area contributed by atoms with E-state index in [0.717, 1.165) is 25.0 Å². The first kappa shape index (κ1) is 12.5. The Kier molecular flexibility index (Phi) is 3.50. The second-order valence-electron chi connectivity index (χ2n) is 4.41. The van der Waals surface area contributed by atoms with Gasteiger partial charge in [0, 0.05) is 23.8 Å². The van der Waals surface area contributed by atoms with Gasteiger partial charge in [-0.15, -0.1) is 0 Å². The SMILES string of the molecule is CNCc1c(S(=O)(=O)NC2CCC2)n[nH]c1C. The quantitative estimate of drug-likeness (QED) is 0.707. The number of H-pyrrole nitrogens is 1. The zero-order valence-corrected chi connectivity index (χ0v) is 10.9. The van der Waals surface area contributed by atoms with Crippen LogP contribution in [-0.4, -0.2) is 31.7 Å². The van der Waals surface area contributed by atoms with Gasteiger partial charge in [0.15, 0.2) is 5.03 Å². The molecular weight excluding hydrogens is 240 g/mol. The average Bonchev–Trinajstić information content (AvgIpc) is 2.56. The van der Waals surface area contributed by atoms with E-state index in [1.807, 2.05) is 6.92 Å². The second kappa shape index (κ2) is 4.75. The molecule has 1 aromatic rings. The topological polar surface area (TPSA) is 86.9 Å². The number of sulfonamides is 1. The van der Waals surface area contributed by atoms with Gasteiger partial charge in [-0.05, 0) is 26.8 Å². The van der Waals surface area contributed by atoms with Gasteiger partial charge in [0.05, 0.1) is 0 Å². The Bertz CT molecular complexity index is 490. The molecule has 0 saturated heterocycles. The van der Waals surface area contributed by atoms with Gasteiger partial charge in [0.1, 0.15) is 0 Å². The van der Waals surface area contributed by atoms with E-state index in [9.17, 15) is 8.42 Å². The number of aromatic amines is 1. The average molecular weight is 258 g/mol. The molecule has 0 atom stereocenters. The van der Waals surface area contributed by atoms with Crippen molar-refractivity contribution in [2.24, 2.45) is 0 Å². The molecule has 3 N–H and O–H groups in total. The van der Waals surface area contributed by atoms with Crippen molar-refractivity contribution in [3.8, 4) is 0 Å². The van der Waals surface area contributed by atoms with Crippen molar-refractivity contribution >= 4 is 10.0 Å². The Labute approximate surface area is 101 Å². The molecule has 0 aliphatic heterocycles. The van der Waals surface area contributed by atoms with Crippen molar-refractivity contribution < 1.29 is 8.42 Å². The number of rotatable bonds is 5. The van der Waals surface area contributed by atoms with Crippen molar-refractivity contribution in [2.75, 3.05) is 7.05 Å². The summed E-state index contributed by atoms with van der Waals surface area (Å²) in [6.45, 7) is 2.31. The van der Waals surface area contributed by atoms with Gasteiger partial charge < -0.3 is 5.32 Å². The molecular formula is C10H18N4O2S. The Morgan fingerprint density at radius 3 is 2.71 bits per heavy atom. The number of hydrogen-bond donors (Lipinski definition) is 3. The molecule has 0 amide bonds. The van der Waals surface area contributed by atoms with E-state index in [1.165, 1.54) is 0 Å². The monoisotopic (exact) mass is 258 g/mol. The number of hydrogen-bond acceptors (Lipinski definition) is 4. The van der Waals surface area contributed by atoms with Gasteiger partial charge in [-0.3, -0.25) is 5.10 Å². The molecule has 7 heteroatoms. The molecule has 0 bridgehead atoms. The molecule has 1 heterocycles. The summed E-state index contributed by atoms with van der Waals surface area (Å²) in [4.78, 5) is 0. The minimum Gasteiger partial charge on any atom is -0.316 e. The number of aromatic nitrogens is 2. The van der Waals surface area contributed by atoms with Gasteiger partial charge in [-0.1, -0.05) is 6.42 Å². The molecule has 1 fully saturated rings. The van der Waals surface area contributed by atoms with Crippen LogP contribution in [0, 0.1) is 6.92 Å². The lowest BCUT2D eigenvalue weighted by Crippen LogP contribution is -2.40. The first-order valence-corrected chi connectivity index (χ1v) is 7.23. The molecule has 0 spiro atoms. The first-order chi connectivity index (χ1) is 8.04. The maximum absolute atomic E-state index is 12.1.